The van der Waals surface area contributed by atoms with Gasteiger partial charge < -0.3 is 19.9 Å². The van der Waals surface area contributed by atoms with Gasteiger partial charge in [0.2, 0.25) is 0 Å². The number of ether oxygens (including phenoxy) is 1. The number of halogens is 1. The Morgan fingerprint density at radius 3 is 2.68 bits per heavy atom. The van der Waals surface area contributed by atoms with Crippen LogP contribution in [0, 0.1) is 17.0 Å². The zero-order valence-electron chi connectivity index (χ0n) is 20.0. The van der Waals surface area contributed by atoms with E-state index in [9.17, 15) is 14.9 Å². The van der Waals surface area contributed by atoms with Crippen molar-refractivity contribution in [3.63, 3.8) is 0 Å². The summed E-state index contributed by atoms with van der Waals surface area (Å²) in [5.74, 6) is 0.455. The Morgan fingerprint density at radius 1 is 1.19 bits per heavy atom. The summed E-state index contributed by atoms with van der Waals surface area (Å²) in [6, 6.07) is 19.8. The van der Waals surface area contributed by atoms with Crippen LogP contribution in [0.3, 0.4) is 0 Å². The summed E-state index contributed by atoms with van der Waals surface area (Å²) in [6.45, 7) is 2.56. The lowest BCUT2D eigenvalue weighted by Crippen LogP contribution is -2.31. The fourth-order valence-electron chi connectivity index (χ4n) is 4.38. The van der Waals surface area contributed by atoms with E-state index in [0.29, 0.717) is 27.9 Å². The van der Waals surface area contributed by atoms with Crippen LogP contribution < -0.4 is 15.4 Å². The maximum absolute atomic E-state index is 12.9. The highest BCUT2D eigenvalue weighted by atomic mass is 35.5. The molecule has 4 aromatic rings. The largest absolute Gasteiger partial charge is 0.495 e. The molecule has 1 fully saturated rings. The predicted molar refractivity (Wildman–Crippen MR) is 148 cm³/mol. The third-order valence-electron chi connectivity index (χ3n) is 6.22. The standard InChI is InChI=1S/C27H23ClN4O4S/c1-16-21(14-25-26(33)30-27(37-25)29-22-13-18(28)9-12-24(22)36-2)20-5-3-4-6-23(20)31(16)15-17-7-10-19(11-8-17)32(34)35/h3-14,27,29H,15H2,1-2H3,(H,30,33)/b25-14-. The summed E-state index contributed by atoms with van der Waals surface area (Å²) >= 11 is 7.53. The molecule has 188 valence electrons. The monoisotopic (exact) mass is 534 g/mol. The van der Waals surface area contributed by atoms with E-state index in [2.05, 4.69) is 15.2 Å². The Balaban J connectivity index is 1.45. The maximum Gasteiger partial charge on any atom is 0.269 e. The molecule has 1 aliphatic heterocycles. The van der Waals surface area contributed by atoms with Gasteiger partial charge in [-0.25, -0.2) is 0 Å². The van der Waals surface area contributed by atoms with Gasteiger partial charge in [0.25, 0.3) is 11.6 Å². The first-order valence-electron chi connectivity index (χ1n) is 11.4. The maximum atomic E-state index is 12.9. The number of fused-ring (bicyclic) bond motifs is 1. The zero-order chi connectivity index (χ0) is 26.1. The molecule has 1 atom stereocenters. The van der Waals surface area contributed by atoms with Crippen molar-refractivity contribution in [2.24, 2.45) is 0 Å². The number of nitrogens with one attached hydrogen (secondary N) is 2. The molecule has 1 unspecified atom stereocenters. The molecule has 0 aliphatic carbocycles. The number of hydrogen-bond acceptors (Lipinski definition) is 6. The molecule has 37 heavy (non-hydrogen) atoms. The summed E-state index contributed by atoms with van der Waals surface area (Å²) in [6.07, 6.45) is 1.92. The first-order valence-corrected chi connectivity index (χ1v) is 12.7. The number of methoxy groups -OCH3 is 1. The topological polar surface area (TPSA) is 98.4 Å². The minimum atomic E-state index is -0.403. The Kier molecular flexibility index (Phi) is 6.82. The molecule has 0 radical (unpaired) electrons. The van der Waals surface area contributed by atoms with E-state index in [1.807, 2.05) is 37.3 Å². The number of carbonyl (C=O) groups excluding carboxylic acids is 1. The lowest BCUT2D eigenvalue weighted by Gasteiger charge is -2.15. The number of amides is 1. The molecule has 1 amide bonds. The number of benzene rings is 3. The van der Waals surface area contributed by atoms with Crippen molar-refractivity contribution in [2.45, 2.75) is 19.0 Å². The van der Waals surface area contributed by atoms with Crippen LogP contribution in [0.5, 0.6) is 5.75 Å². The lowest BCUT2D eigenvalue weighted by atomic mass is 10.1. The van der Waals surface area contributed by atoms with Crippen molar-refractivity contribution < 1.29 is 14.5 Å². The van der Waals surface area contributed by atoms with E-state index >= 15 is 0 Å². The van der Waals surface area contributed by atoms with E-state index < -0.39 is 4.92 Å². The van der Waals surface area contributed by atoms with Gasteiger partial charge in [-0.05, 0) is 42.8 Å². The lowest BCUT2D eigenvalue weighted by molar-refractivity contribution is -0.384. The van der Waals surface area contributed by atoms with Crippen molar-refractivity contribution >= 4 is 57.6 Å². The number of hydrogen-bond donors (Lipinski definition) is 2. The van der Waals surface area contributed by atoms with Gasteiger partial charge in [0.1, 0.15) is 5.75 Å². The molecule has 2 N–H and O–H groups in total. The van der Waals surface area contributed by atoms with Gasteiger partial charge in [0.05, 0.1) is 22.6 Å². The summed E-state index contributed by atoms with van der Waals surface area (Å²) in [4.78, 5) is 24.1. The molecule has 1 aromatic heterocycles. The number of nitro benzene ring substituents is 1. The summed E-state index contributed by atoms with van der Waals surface area (Å²) in [5, 5.41) is 18.8. The molecule has 10 heteroatoms. The van der Waals surface area contributed by atoms with Crippen LogP contribution in [0.25, 0.3) is 17.0 Å². The summed E-state index contributed by atoms with van der Waals surface area (Å²) in [7, 11) is 1.58. The van der Waals surface area contributed by atoms with Crippen LogP contribution >= 0.6 is 23.4 Å². The number of aromatic nitrogens is 1. The number of nitro groups is 1. The van der Waals surface area contributed by atoms with Crippen LogP contribution in [0.1, 0.15) is 16.8 Å². The molecule has 8 nitrogen and oxygen atoms in total. The molecule has 0 saturated carbocycles. The normalized spacial score (nSPS) is 16.2. The third kappa shape index (κ3) is 5.00. The average Bonchev–Trinajstić information content (AvgIpc) is 3.36. The van der Waals surface area contributed by atoms with Gasteiger partial charge in [0.15, 0.2) is 5.50 Å². The molecule has 1 aliphatic rings. The molecule has 3 aromatic carbocycles. The van der Waals surface area contributed by atoms with Gasteiger partial charge in [-0.15, -0.1) is 0 Å². The minimum Gasteiger partial charge on any atom is -0.495 e. The van der Waals surface area contributed by atoms with Crippen molar-refractivity contribution in [2.75, 3.05) is 12.4 Å². The van der Waals surface area contributed by atoms with Crippen LogP contribution in [-0.4, -0.2) is 28.0 Å². The van der Waals surface area contributed by atoms with Crippen LogP contribution in [0.4, 0.5) is 11.4 Å². The fourth-order valence-corrected chi connectivity index (χ4v) is 5.51. The van der Waals surface area contributed by atoms with Gasteiger partial charge >= 0.3 is 0 Å². The predicted octanol–water partition coefficient (Wildman–Crippen LogP) is 6.17. The number of carbonyl (C=O) groups is 1. The second kappa shape index (κ2) is 10.2. The van der Waals surface area contributed by atoms with Gasteiger partial charge in [-0.2, -0.15) is 0 Å². The molecule has 5 rings (SSSR count). The molecule has 0 bridgehead atoms. The zero-order valence-corrected chi connectivity index (χ0v) is 21.6. The average molecular weight is 535 g/mol. The number of thioether (sulfide) groups is 1. The SMILES string of the molecule is COc1ccc(Cl)cc1NC1NC(=O)/C(=C/c2c(C)n(Cc3ccc([N+](=O)[O-])cc3)c3ccccc23)S1. The van der Waals surface area contributed by atoms with Gasteiger partial charge in [0, 0.05) is 45.9 Å². The Bertz CT molecular complexity index is 1550. The first-order chi connectivity index (χ1) is 17.8. The second-order valence-electron chi connectivity index (χ2n) is 8.49. The van der Waals surface area contributed by atoms with Crippen molar-refractivity contribution in [3.05, 3.63) is 104 Å². The highest BCUT2D eigenvalue weighted by molar-refractivity contribution is 8.05. The fraction of sp³-hybridized carbons (Fsp3) is 0.148. The van der Waals surface area contributed by atoms with E-state index in [1.54, 1.807) is 37.4 Å². The molecular weight excluding hydrogens is 512 g/mol. The van der Waals surface area contributed by atoms with Crippen molar-refractivity contribution in [1.29, 1.82) is 0 Å². The minimum absolute atomic E-state index is 0.0612. The Hall–Kier alpha value is -3.95. The molecule has 0 spiro atoms. The highest BCUT2D eigenvalue weighted by Crippen LogP contribution is 2.36. The van der Waals surface area contributed by atoms with E-state index in [4.69, 9.17) is 16.3 Å². The Morgan fingerprint density at radius 2 is 1.95 bits per heavy atom. The van der Waals surface area contributed by atoms with Crippen LogP contribution in [-0.2, 0) is 11.3 Å². The smallest absolute Gasteiger partial charge is 0.269 e. The quantitative estimate of drug-likeness (QED) is 0.167. The third-order valence-corrected chi connectivity index (χ3v) is 7.49. The number of rotatable bonds is 7. The second-order valence-corrected chi connectivity index (χ2v) is 10.1. The molecular formula is C27H23ClN4O4S. The molecule has 1 saturated heterocycles. The van der Waals surface area contributed by atoms with Crippen LogP contribution in [0.2, 0.25) is 5.02 Å². The van der Waals surface area contributed by atoms with E-state index in [1.165, 1.54) is 23.9 Å². The van der Waals surface area contributed by atoms with Crippen molar-refractivity contribution in [3.8, 4) is 5.75 Å². The molecule has 2 heterocycles. The van der Waals surface area contributed by atoms with Crippen LogP contribution in [0.15, 0.2) is 71.6 Å². The van der Waals surface area contributed by atoms with E-state index in [-0.39, 0.29) is 17.1 Å². The van der Waals surface area contributed by atoms with Crippen molar-refractivity contribution in [1.82, 2.24) is 9.88 Å². The summed E-state index contributed by atoms with van der Waals surface area (Å²) < 4.78 is 7.56. The van der Waals surface area contributed by atoms with Gasteiger partial charge in [-0.3, -0.25) is 14.9 Å². The number of para-hydroxylation sites is 1. The first kappa shape index (κ1) is 24.7. The van der Waals surface area contributed by atoms with E-state index in [0.717, 1.165) is 27.7 Å². The number of non-ortho nitro benzene ring substituents is 1. The summed E-state index contributed by atoms with van der Waals surface area (Å²) in [5.41, 5.74) is 4.27. The van der Waals surface area contributed by atoms with Gasteiger partial charge in [-0.1, -0.05) is 53.7 Å². The Labute approximate surface area is 222 Å². The highest BCUT2D eigenvalue weighted by Gasteiger charge is 2.28. The number of anilines is 1. The number of nitrogens with zero attached hydrogens (tertiary/aromatic N) is 2.